The number of carbonyl (C=O) groups excluding carboxylic acids is 1. The van der Waals surface area contributed by atoms with Crippen molar-refractivity contribution < 1.29 is 9.18 Å². The number of carbonyl (C=O) groups is 1. The van der Waals surface area contributed by atoms with Crippen LogP contribution in [0.2, 0.25) is 0 Å². The molecule has 88 valence electrons. The number of halogens is 1. The topological polar surface area (TPSA) is 32.3 Å². The van der Waals surface area contributed by atoms with Crippen LogP contribution < -0.4 is 5.32 Å². The van der Waals surface area contributed by atoms with Gasteiger partial charge in [-0.3, -0.25) is 4.79 Å². The number of amides is 1. The smallest absolute Gasteiger partial charge is 0.241 e. The van der Waals surface area contributed by atoms with Crippen LogP contribution in [-0.4, -0.2) is 30.9 Å². The van der Waals surface area contributed by atoms with Crippen molar-refractivity contribution in [2.75, 3.05) is 25.5 Å². The minimum atomic E-state index is -0.336. The van der Waals surface area contributed by atoms with Gasteiger partial charge in [0.1, 0.15) is 5.82 Å². The van der Waals surface area contributed by atoms with Gasteiger partial charge in [0.15, 0.2) is 0 Å². The average Bonchev–Trinajstić information content (AvgIpc) is 2.28. The van der Waals surface area contributed by atoms with E-state index in [4.69, 9.17) is 0 Å². The Kier molecular flexibility index (Phi) is 4.28. The van der Waals surface area contributed by atoms with Gasteiger partial charge in [0.25, 0.3) is 0 Å². The molecule has 1 amide bonds. The fourth-order valence-corrected chi connectivity index (χ4v) is 1.26. The molecule has 0 aliphatic carbocycles. The van der Waals surface area contributed by atoms with Gasteiger partial charge in [-0.25, -0.2) is 4.39 Å². The summed E-state index contributed by atoms with van der Waals surface area (Å²) >= 11 is 0. The quantitative estimate of drug-likeness (QED) is 0.848. The summed E-state index contributed by atoms with van der Waals surface area (Å²) in [4.78, 5) is 13.1. The Morgan fingerprint density at radius 3 is 2.81 bits per heavy atom. The molecule has 1 N–H and O–H groups in total. The van der Waals surface area contributed by atoms with Gasteiger partial charge in [-0.1, -0.05) is 6.07 Å². The van der Waals surface area contributed by atoms with Crippen LogP contribution in [0.1, 0.15) is 12.5 Å². The summed E-state index contributed by atoms with van der Waals surface area (Å²) < 4.78 is 13.3. The Bertz CT molecular complexity index is 379. The first kappa shape index (κ1) is 12.5. The number of nitrogens with zero attached hydrogens (tertiary/aromatic N) is 1. The molecule has 1 rings (SSSR count). The third-order valence-corrected chi connectivity index (χ3v) is 2.45. The zero-order valence-corrected chi connectivity index (χ0v) is 9.88. The first-order chi connectivity index (χ1) is 7.54. The largest absolute Gasteiger partial charge is 0.374 e. The van der Waals surface area contributed by atoms with E-state index in [1.54, 1.807) is 24.1 Å². The fourth-order valence-electron chi connectivity index (χ4n) is 1.26. The molecule has 0 bridgehead atoms. The van der Waals surface area contributed by atoms with E-state index in [2.05, 4.69) is 5.32 Å². The molecule has 1 aromatic carbocycles. The van der Waals surface area contributed by atoms with Crippen molar-refractivity contribution in [3.63, 3.8) is 0 Å². The fraction of sp³-hybridized carbons (Fsp3) is 0.417. The summed E-state index contributed by atoms with van der Waals surface area (Å²) in [5, 5.41) is 2.80. The molecule has 3 nitrogen and oxygen atoms in total. The third-order valence-electron chi connectivity index (χ3n) is 2.45. The molecule has 0 unspecified atom stereocenters. The van der Waals surface area contributed by atoms with E-state index in [0.717, 1.165) is 5.56 Å². The first-order valence-corrected chi connectivity index (χ1v) is 5.28. The lowest BCUT2D eigenvalue weighted by atomic mass is 10.2. The predicted octanol–water partition coefficient (Wildman–Crippen LogP) is 2.02. The second kappa shape index (κ2) is 5.49. The summed E-state index contributed by atoms with van der Waals surface area (Å²) in [7, 11) is 1.72. The van der Waals surface area contributed by atoms with Gasteiger partial charge in [0.05, 0.1) is 12.2 Å². The maximum Gasteiger partial charge on any atom is 0.241 e. The van der Waals surface area contributed by atoms with Crippen LogP contribution in [0.3, 0.4) is 0 Å². The van der Waals surface area contributed by atoms with Crippen LogP contribution in [0.4, 0.5) is 10.1 Å². The molecule has 0 atom stereocenters. The molecule has 16 heavy (non-hydrogen) atoms. The zero-order valence-electron chi connectivity index (χ0n) is 9.88. The van der Waals surface area contributed by atoms with Crippen LogP contribution in [0.25, 0.3) is 0 Å². The van der Waals surface area contributed by atoms with Crippen molar-refractivity contribution in [3.05, 3.63) is 29.6 Å². The van der Waals surface area contributed by atoms with E-state index < -0.39 is 0 Å². The Hall–Kier alpha value is -1.58. The van der Waals surface area contributed by atoms with Gasteiger partial charge in [-0.2, -0.15) is 0 Å². The number of likely N-dealkylation sites (N-methyl/N-ethyl adjacent to an activating group) is 1. The molecule has 0 saturated heterocycles. The molecule has 0 saturated carbocycles. The lowest BCUT2D eigenvalue weighted by Crippen LogP contribution is -2.32. The monoisotopic (exact) mass is 224 g/mol. The SMILES string of the molecule is CCN(C)C(=O)CNc1cc(C)ccc1F. The lowest BCUT2D eigenvalue weighted by Gasteiger charge is -2.15. The molecular formula is C12H17FN2O. The second-order valence-corrected chi connectivity index (χ2v) is 3.74. The van der Waals surface area contributed by atoms with Crippen LogP contribution in [0, 0.1) is 12.7 Å². The molecule has 0 aliphatic heterocycles. The van der Waals surface area contributed by atoms with Crippen molar-refractivity contribution >= 4 is 11.6 Å². The highest BCUT2D eigenvalue weighted by Crippen LogP contribution is 2.15. The predicted molar refractivity (Wildman–Crippen MR) is 62.9 cm³/mol. The molecule has 0 heterocycles. The Labute approximate surface area is 95.3 Å². The van der Waals surface area contributed by atoms with Gasteiger partial charge in [-0.05, 0) is 31.5 Å². The maximum absolute atomic E-state index is 13.3. The number of hydrogen-bond donors (Lipinski definition) is 1. The third kappa shape index (κ3) is 3.22. The van der Waals surface area contributed by atoms with Crippen LogP contribution in [0.15, 0.2) is 18.2 Å². The molecular weight excluding hydrogens is 207 g/mol. The highest BCUT2D eigenvalue weighted by molar-refractivity contribution is 5.80. The Morgan fingerprint density at radius 2 is 2.19 bits per heavy atom. The van der Waals surface area contributed by atoms with E-state index in [1.165, 1.54) is 6.07 Å². The van der Waals surface area contributed by atoms with E-state index in [1.807, 2.05) is 13.8 Å². The van der Waals surface area contributed by atoms with Crippen molar-refractivity contribution in [1.82, 2.24) is 4.90 Å². The van der Waals surface area contributed by atoms with Crippen molar-refractivity contribution in [3.8, 4) is 0 Å². The highest BCUT2D eigenvalue weighted by atomic mass is 19.1. The number of aryl methyl sites for hydroxylation is 1. The first-order valence-electron chi connectivity index (χ1n) is 5.28. The Balaban J connectivity index is 2.61. The second-order valence-electron chi connectivity index (χ2n) is 3.74. The maximum atomic E-state index is 13.3. The number of nitrogens with one attached hydrogen (secondary N) is 1. The summed E-state index contributed by atoms with van der Waals surface area (Å²) in [6, 6.07) is 4.78. The van der Waals surface area contributed by atoms with Crippen LogP contribution in [-0.2, 0) is 4.79 Å². The van der Waals surface area contributed by atoms with Crippen molar-refractivity contribution in [2.24, 2.45) is 0 Å². The summed E-state index contributed by atoms with van der Waals surface area (Å²) in [6.07, 6.45) is 0. The van der Waals surface area contributed by atoms with Gasteiger partial charge < -0.3 is 10.2 Å². The minimum Gasteiger partial charge on any atom is -0.374 e. The van der Waals surface area contributed by atoms with E-state index >= 15 is 0 Å². The number of rotatable bonds is 4. The molecule has 4 heteroatoms. The molecule has 0 spiro atoms. The number of hydrogen-bond acceptors (Lipinski definition) is 2. The van der Waals surface area contributed by atoms with Crippen LogP contribution >= 0.6 is 0 Å². The van der Waals surface area contributed by atoms with Gasteiger partial charge >= 0.3 is 0 Å². The van der Waals surface area contributed by atoms with E-state index in [-0.39, 0.29) is 18.3 Å². The summed E-state index contributed by atoms with van der Waals surface area (Å²) in [6.45, 7) is 4.54. The number of anilines is 1. The van der Waals surface area contributed by atoms with Gasteiger partial charge in [0.2, 0.25) is 5.91 Å². The highest BCUT2D eigenvalue weighted by Gasteiger charge is 2.07. The average molecular weight is 224 g/mol. The van der Waals surface area contributed by atoms with Gasteiger partial charge in [-0.15, -0.1) is 0 Å². The lowest BCUT2D eigenvalue weighted by molar-refractivity contribution is -0.127. The molecule has 0 fully saturated rings. The van der Waals surface area contributed by atoms with E-state index in [9.17, 15) is 9.18 Å². The van der Waals surface area contributed by atoms with E-state index in [0.29, 0.717) is 12.2 Å². The van der Waals surface area contributed by atoms with Gasteiger partial charge in [0, 0.05) is 13.6 Å². The standard InChI is InChI=1S/C12H17FN2O/c1-4-15(3)12(16)8-14-11-7-9(2)5-6-10(11)13/h5-7,14H,4,8H2,1-3H3. The normalized spacial score (nSPS) is 10.0. The molecule has 0 aromatic heterocycles. The summed E-state index contributed by atoms with van der Waals surface area (Å²) in [5.41, 5.74) is 1.33. The molecule has 1 aromatic rings. The van der Waals surface area contributed by atoms with Crippen molar-refractivity contribution in [2.45, 2.75) is 13.8 Å². The Morgan fingerprint density at radius 1 is 1.50 bits per heavy atom. The minimum absolute atomic E-state index is 0.0524. The molecule has 0 aliphatic rings. The summed E-state index contributed by atoms with van der Waals surface area (Å²) in [5.74, 6) is -0.388. The zero-order chi connectivity index (χ0) is 12.1. The number of benzene rings is 1. The molecule has 0 radical (unpaired) electrons. The van der Waals surface area contributed by atoms with Crippen LogP contribution in [0.5, 0.6) is 0 Å². The van der Waals surface area contributed by atoms with Crippen molar-refractivity contribution in [1.29, 1.82) is 0 Å².